The minimum Gasteiger partial charge on any atom is -0.487 e. The fraction of sp³-hybridized carbons (Fsp3) is 0.448. The number of rotatable bonds is 3. The third-order valence-corrected chi connectivity index (χ3v) is 8.03. The van der Waals surface area contributed by atoms with Crippen molar-refractivity contribution < 1.29 is 14.3 Å². The number of amides is 1. The second-order valence-electron chi connectivity index (χ2n) is 10.9. The first-order valence-corrected chi connectivity index (χ1v) is 12.7. The van der Waals surface area contributed by atoms with Gasteiger partial charge in [0, 0.05) is 55.0 Å². The Morgan fingerprint density at radius 1 is 1.20 bits per heavy atom. The van der Waals surface area contributed by atoms with Gasteiger partial charge in [0.2, 0.25) is 0 Å². The highest BCUT2D eigenvalue weighted by atomic mass is 16.5. The number of benzene rings is 2. The van der Waals surface area contributed by atoms with Crippen molar-refractivity contribution in [1.29, 1.82) is 0 Å². The van der Waals surface area contributed by atoms with E-state index in [0.29, 0.717) is 12.5 Å². The highest BCUT2D eigenvalue weighted by molar-refractivity contribution is 5.94. The van der Waals surface area contributed by atoms with E-state index in [9.17, 15) is 4.79 Å². The number of likely N-dealkylation sites (tertiary alicyclic amines) is 1. The summed E-state index contributed by atoms with van der Waals surface area (Å²) in [6, 6.07) is 14.4. The summed E-state index contributed by atoms with van der Waals surface area (Å²) < 4.78 is 15.3. The van der Waals surface area contributed by atoms with E-state index in [2.05, 4.69) is 50.0 Å². The number of ether oxygens (including phenoxy) is 2. The van der Waals surface area contributed by atoms with Crippen LogP contribution in [0.25, 0.3) is 0 Å². The molecule has 2 saturated heterocycles. The summed E-state index contributed by atoms with van der Waals surface area (Å²) in [4.78, 5) is 19.6. The van der Waals surface area contributed by atoms with Gasteiger partial charge < -0.3 is 18.9 Å². The van der Waals surface area contributed by atoms with Crippen LogP contribution >= 0.6 is 0 Å². The molecule has 3 aliphatic heterocycles. The van der Waals surface area contributed by atoms with Crippen LogP contribution in [0.5, 0.6) is 5.75 Å². The summed E-state index contributed by atoms with van der Waals surface area (Å²) in [5.74, 6) is 1.64. The highest BCUT2D eigenvalue weighted by Gasteiger charge is 2.51. The second kappa shape index (κ2) is 8.52. The van der Waals surface area contributed by atoms with Crippen molar-refractivity contribution >= 4 is 5.91 Å². The van der Waals surface area contributed by atoms with Gasteiger partial charge in [0.25, 0.3) is 5.91 Å². The number of fused-ring (bicyclic) bond motifs is 4. The van der Waals surface area contributed by atoms with Crippen LogP contribution in [-0.2, 0) is 11.3 Å². The quantitative estimate of drug-likeness (QED) is 0.538. The molecule has 6 rings (SSSR count). The van der Waals surface area contributed by atoms with E-state index in [1.807, 2.05) is 33.9 Å². The van der Waals surface area contributed by atoms with E-state index in [0.717, 1.165) is 42.8 Å². The predicted molar refractivity (Wildman–Crippen MR) is 133 cm³/mol. The number of aromatic nitrogens is 2. The number of carbonyl (C=O) groups excluding carboxylic acids is 1. The van der Waals surface area contributed by atoms with Crippen molar-refractivity contribution in [2.75, 3.05) is 13.1 Å². The zero-order chi connectivity index (χ0) is 24.2. The van der Waals surface area contributed by atoms with Gasteiger partial charge in [-0.3, -0.25) is 4.79 Å². The fourth-order valence-electron chi connectivity index (χ4n) is 6.17. The topological polar surface area (TPSA) is 56.6 Å². The molecule has 4 atom stereocenters. The molecule has 35 heavy (non-hydrogen) atoms. The molecule has 3 aromatic rings. The summed E-state index contributed by atoms with van der Waals surface area (Å²) in [6.07, 6.45) is 7.61. The molecule has 6 heteroatoms. The molecule has 0 aliphatic carbocycles. The third kappa shape index (κ3) is 4.14. The molecule has 1 amide bonds. The van der Waals surface area contributed by atoms with Gasteiger partial charge in [0.15, 0.2) is 0 Å². The van der Waals surface area contributed by atoms with Crippen LogP contribution < -0.4 is 4.74 Å². The molecular formula is C29H33N3O3. The Morgan fingerprint density at radius 3 is 2.91 bits per heavy atom. The fourth-order valence-corrected chi connectivity index (χ4v) is 6.17. The Kier molecular flexibility index (Phi) is 5.44. The van der Waals surface area contributed by atoms with Gasteiger partial charge in [0.1, 0.15) is 11.4 Å². The molecule has 0 spiro atoms. The zero-order valence-electron chi connectivity index (χ0n) is 20.7. The van der Waals surface area contributed by atoms with Crippen molar-refractivity contribution in [2.45, 2.75) is 58.0 Å². The first-order valence-electron chi connectivity index (χ1n) is 12.7. The first-order chi connectivity index (χ1) is 16.9. The number of piperidine rings is 1. The van der Waals surface area contributed by atoms with Gasteiger partial charge in [-0.15, -0.1) is 0 Å². The average Bonchev–Trinajstić information content (AvgIpc) is 3.35. The predicted octanol–water partition coefficient (Wildman–Crippen LogP) is 5.02. The molecular weight excluding hydrogens is 438 g/mol. The van der Waals surface area contributed by atoms with Crippen molar-refractivity contribution in [2.24, 2.45) is 11.8 Å². The number of nitrogens with zero attached hydrogens (tertiary/aromatic N) is 3. The zero-order valence-corrected chi connectivity index (χ0v) is 20.7. The monoisotopic (exact) mass is 471 g/mol. The van der Waals surface area contributed by atoms with Crippen LogP contribution in [0.3, 0.4) is 0 Å². The van der Waals surface area contributed by atoms with Gasteiger partial charge in [-0.1, -0.05) is 24.3 Å². The minimum atomic E-state index is -0.315. The maximum atomic E-state index is 13.5. The van der Waals surface area contributed by atoms with Gasteiger partial charge in [0.05, 0.1) is 18.5 Å². The SMILES string of the molecule is Cc1ccc2c(c1)OC(C)(C)[C@@H]1C[C@H]3CN(C(=O)c4cccc(Cn5ccnc5)c4)CC[C@H]3O[C@@H]21. The number of carbonyl (C=O) groups is 1. The molecule has 0 radical (unpaired) electrons. The molecule has 4 heterocycles. The van der Waals surface area contributed by atoms with Crippen molar-refractivity contribution in [3.63, 3.8) is 0 Å². The number of imidazole rings is 1. The van der Waals surface area contributed by atoms with E-state index in [1.54, 1.807) is 12.5 Å². The Morgan fingerprint density at radius 2 is 2.09 bits per heavy atom. The molecule has 6 nitrogen and oxygen atoms in total. The lowest BCUT2D eigenvalue weighted by Gasteiger charge is -2.53. The van der Waals surface area contributed by atoms with Crippen LogP contribution in [0.15, 0.2) is 61.2 Å². The van der Waals surface area contributed by atoms with E-state index in [-0.39, 0.29) is 29.6 Å². The lowest BCUT2D eigenvalue weighted by atomic mass is 9.70. The van der Waals surface area contributed by atoms with Crippen LogP contribution in [0.1, 0.15) is 59.8 Å². The molecule has 2 fully saturated rings. The van der Waals surface area contributed by atoms with Crippen molar-refractivity contribution in [3.05, 3.63) is 83.4 Å². The largest absolute Gasteiger partial charge is 0.487 e. The molecule has 0 N–H and O–H groups in total. The van der Waals surface area contributed by atoms with Gasteiger partial charge in [-0.25, -0.2) is 4.98 Å². The summed E-state index contributed by atoms with van der Waals surface area (Å²) in [5, 5.41) is 0. The summed E-state index contributed by atoms with van der Waals surface area (Å²) in [6.45, 7) is 8.62. The van der Waals surface area contributed by atoms with Crippen molar-refractivity contribution in [1.82, 2.24) is 14.5 Å². The smallest absolute Gasteiger partial charge is 0.253 e. The molecule has 0 unspecified atom stereocenters. The first kappa shape index (κ1) is 22.4. The minimum absolute atomic E-state index is 0.0534. The van der Waals surface area contributed by atoms with E-state index in [1.165, 1.54) is 11.1 Å². The Bertz CT molecular complexity index is 1240. The standard InChI is InChI=1S/C29H33N3O3/c1-19-7-8-23-26(13-19)35-29(2,3)24-15-22-17-32(11-9-25(22)34-27(23)24)28(33)21-6-4-5-20(14-21)16-31-12-10-30-18-31/h4-8,10,12-14,18,22,24-25,27H,9,11,15-17H2,1-3H3/t22-,24+,25+,27-/m0/s1. The molecule has 2 aromatic carbocycles. The lowest BCUT2D eigenvalue weighted by Crippen LogP contribution is -2.56. The summed E-state index contributed by atoms with van der Waals surface area (Å²) in [7, 11) is 0. The van der Waals surface area contributed by atoms with E-state index >= 15 is 0 Å². The lowest BCUT2D eigenvalue weighted by molar-refractivity contribution is -0.184. The average molecular weight is 472 g/mol. The van der Waals surface area contributed by atoms with E-state index < -0.39 is 0 Å². The van der Waals surface area contributed by atoms with E-state index in [4.69, 9.17) is 9.47 Å². The van der Waals surface area contributed by atoms with Gasteiger partial charge >= 0.3 is 0 Å². The molecule has 0 saturated carbocycles. The van der Waals surface area contributed by atoms with Crippen LogP contribution in [0.4, 0.5) is 0 Å². The van der Waals surface area contributed by atoms with Crippen molar-refractivity contribution in [3.8, 4) is 5.75 Å². The summed E-state index contributed by atoms with van der Waals surface area (Å²) >= 11 is 0. The second-order valence-corrected chi connectivity index (χ2v) is 10.9. The summed E-state index contributed by atoms with van der Waals surface area (Å²) in [5.41, 5.74) is 3.91. The van der Waals surface area contributed by atoms with Gasteiger partial charge in [-0.2, -0.15) is 0 Å². The Balaban J connectivity index is 1.19. The molecule has 182 valence electrons. The van der Waals surface area contributed by atoms with Crippen LogP contribution in [0.2, 0.25) is 0 Å². The maximum absolute atomic E-state index is 13.5. The Hall–Kier alpha value is -3.12. The number of hydrogen-bond acceptors (Lipinski definition) is 4. The molecule has 3 aliphatic rings. The Labute approximate surface area is 206 Å². The third-order valence-electron chi connectivity index (χ3n) is 8.03. The molecule has 1 aromatic heterocycles. The normalized spacial score (nSPS) is 26.8. The molecule has 0 bridgehead atoms. The van der Waals surface area contributed by atoms with Crippen LogP contribution in [-0.4, -0.2) is 45.2 Å². The highest BCUT2D eigenvalue weighted by Crippen LogP contribution is 2.53. The number of hydrogen-bond donors (Lipinski definition) is 0. The van der Waals surface area contributed by atoms with Crippen LogP contribution in [0, 0.1) is 18.8 Å². The number of aryl methyl sites for hydroxylation is 1. The maximum Gasteiger partial charge on any atom is 0.253 e. The van der Waals surface area contributed by atoms with Gasteiger partial charge in [-0.05, 0) is 62.9 Å².